The molecular weight excluding hydrogens is 414 g/mol. The molecule has 0 aliphatic heterocycles. The predicted molar refractivity (Wildman–Crippen MR) is 111 cm³/mol. The number of para-hydroxylation sites is 2. The van der Waals surface area contributed by atoms with E-state index in [1.807, 2.05) is 67.6 Å². The summed E-state index contributed by atoms with van der Waals surface area (Å²) in [5.74, 6) is 1.03. The molecule has 0 bridgehead atoms. The molecule has 29 heavy (non-hydrogen) atoms. The molecule has 9 heteroatoms. The molecule has 3 aromatic carbocycles. The van der Waals surface area contributed by atoms with Crippen LogP contribution in [-0.4, -0.2) is 14.7 Å². The highest BCUT2D eigenvalue weighted by Gasteiger charge is 2.33. The molecule has 0 atom stereocenters. The molecule has 0 aliphatic carbocycles. The second-order valence-corrected chi connectivity index (χ2v) is 8.67. The van der Waals surface area contributed by atoms with Gasteiger partial charge in [-0.05, 0) is 42.3 Å². The van der Waals surface area contributed by atoms with Gasteiger partial charge < -0.3 is 23.7 Å². The lowest BCUT2D eigenvalue weighted by atomic mass is 10.2. The molecule has 3 rings (SSSR count). The molecule has 0 aromatic heterocycles. The van der Waals surface area contributed by atoms with Gasteiger partial charge in [-0.3, -0.25) is 0 Å². The van der Waals surface area contributed by atoms with Crippen LogP contribution in [0.3, 0.4) is 0 Å². The van der Waals surface area contributed by atoms with Crippen LogP contribution in [-0.2, 0) is 15.6 Å². The minimum absolute atomic E-state index is 0.516. The van der Waals surface area contributed by atoms with Crippen LogP contribution in [0.5, 0.6) is 11.5 Å². The Morgan fingerprint density at radius 1 is 0.690 bits per heavy atom. The largest absolute Gasteiger partial charge is 0.466 e. The second-order valence-electron chi connectivity index (χ2n) is 5.80. The van der Waals surface area contributed by atoms with Crippen LogP contribution in [0.15, 0.2) is 84.9 Å². The minimum Gasteiger partial charge on any atom is -0.413 e. The molecule has 0 amide bonds. The summed E-state index contributed by atoms with van der Waals surface area (Å²) in [4.78, 5) is 21.6. The van der Waals surface area contributed by atoms with E-state index in [4.69, 9.17) is 28.3 Å². The quantitative estimate of drug-likeness (QED) is 0.494. The van der Waals surface area contributed by atoms with Gasteiger partial charge in [-0.25, -0.2) is 9.13 Å². The lowest BCUT2D eigenvalue weighted by Gasteiger charge is -2.22. The molecule has 0 unspecified atom stereocenters. The summed E-state index contributed by atoms with van der Waals surface area (Å²) in [5.41, 5.74) is 0.952. The van der Waals surface area contributed by atoms with Crippen LogP contribution < -0.4 is 14.4 Å². The summed E-state index contributed by atoms with van der Waals surface area (Å²) in [5, 5.41) is 0.597. The third-order valence-electron chi connectivity index (χ3n) is 3.61. The van der Waals surface area contributed by atoms with Crippen LogP contribution in [0.4, 0.5) is 0 Å². The molecule has 0 radical (unpaired) electrons. The summed E-state index contributed by atoms with van der Waals surface area (Å²) in [7, 11) is -8.21. The highest BCUT2D eigenvalue weighted by atomic mass is 31.2. The Kier molecular flexibility index (Phi) is 8.21. The van der Waals surface area contributed by atoms with Gasteiger partial charge in [0.15, 0.2) is 0 Å². The van der Waals surface area contributed by atoms with Crippen LogP contribution in [0.25, 0.3) is 0 Å². The van der Waals surface area contributed by atoms with Gasteiger partial charge in [-0.1, -0.05) is 61.5 Å². The molecule has 0 saturated carbocycles. The summed E-state index contributed by atoms with van der Waals surface area (Å²) in [6, 6.07) is 25.8. The Morgan fingerprint density at radius 2 is 1.07 bits per heavy atom. The molecule has 0 fully saturated rings. The average Bonchev–Trinajstić information content (AvgIpc) is 2.68. The first-order valence-corrected chi connectivity index (χ1v) is 11.8. The summed E-state index contributed by atoms with van der Waals surface area (Å²) in [6.45, 7) is 2.02. The first-order chi connectivity index (χ1) is 13.7. The maximum Gasteiger partial charge on any atom is 0.466 e. The molecular formula is C20H22O7P2. The zero-order valence-electron chi connectivity index (χ0n) is 15.7. The zero-order valence-corrected chi connectivity index (χ0v) is 17.4. The average molecular weight is 436 g/mol. The molecule has 0 heterocycles. The van der Waals surface area contributed by atoms with Gasteiger partial charge in [-0.15, -0.1) is 0 Å². The fourth-order valence-corrected chi connectivity index (χ4v) is 4.32. The third kappa shape index (κ3) is 7.86. The molecule has 7 nitrogen and oxygen atoms in total. The third-order valence-corrected chi connectivity index (χ3v) is 5.53. The molecule has 0 spiro atoms. The Morgan fingerprint density at radius 3 is 1.48 bits per heavy atom. The van der Waals surface area contributed by atoms with Crippen molar-refractivity contribution in [3.05, 3.63) is 90.5 Å². The van der Waals surface area contributed by atoms with E-state index in [9.17, 15) is 4.57 Å². The molecule has 0 saturated heterocycles. The smallest absolute Gasteiger partial charge is 0.413 e. The van der Waals surface area contributed by atoms with Crippen LogP contribution in [0, 0.1) is 0 Å². The van der Waals surface area contributed by atoms with E-state index < -0.39 is 15.4 Å². The maximum atomic E-state index is 13.7. The number of rotatable bonds is 6. The van der Waals surface area contributed by atoms with E-state index in [1.165, 1.54) is 0 Å². The molecule has 3 N–H and O–H groups in total. The fourth-order valence-electron chi connectivity index (χ4n) is 2.43. The van der Waals surface area contributed by atoms with E-state index in [-0.39, 0.29) is 0 Å². The maximum absolute atomic E-state index is 13.7. The normalized spacial score (nSPS) is 11.2. The number of aryl methyl sites for hydroxylation is 1. The Bertz CT molecular complexity index is 934. The minimum atomic E-state index is -4.64. The van der Waals surface area contributed by atoms with Gasteiger partial charge in [0.05, 0.1) is 5.30 Å². The lowest BCUT2D eigenvalue weighted by Crippen LogP contribution is -2.18. The SMILES string of the molecule is CCc1ccccc1P(=O)(Oc1ccccc1)Oc1ccccc1.O=P(O)(O)O. The van der Waals surface area contributed by atoms with Crippen molar-refractivity contribution in [2.75, 3.05) is 0 Å². The Hall–Kier alpha value is -2.40. The van der Waals surface area contributed by atoms with E-state index in [1.54, 1.807) is 24.3 Å². The van der Waals surface area contributed by atoms with Crippen molar-refractivity contribution >= 4 is 20.7 Å². The van der Waals surface area contributed by atoms with Gasteiger partial charge in [-0.2, -0.15) is 0 Å². The molecule has 3 aromatic rings. The predicted octanol–water partition coefficient (Wildman–Crippen LogP) is 4.30. The fraction of sp³-hybridized carbons (Fsp3) is 0.100. The van der Waals surface area contributed by atoms with Gasteiger partial charge >= 0.3 is 15.4 Å². The Balaban J connectivity index is 0.000000537. The number of phosphoric acid groups is 1. The number of benzene rings is 3. The van der Waals surface area contributed by atoms with E-state index in [0.717, 1.165) is 12.0 Å². The van der Waals surface area contributed by atoms with Gasteiger partial charge in [0, 0.05) is 0 Å². The van der Waals surface area contributed by atoms with Crippen molar-refractivity contribution < 1.29 is 32.9 Å². The number of hydrogen-bond acceptors (Lipinski definition) is 4. The lowest BCUT2D eigenvalue weighted by molar-refractivity contribution is 0.275. The van der Waals surface area contributed by atoms with Crippen molar-refractivity contribution in [1.29, 1.82) is 0 Å². The summed E-state index contributed by atoms with van der Waals surface area (Å²) in [6.07, 6.45) is 0.746. The Labute approximate surface area is 169 Å². The van der Waals surface area contributed by atoms with Crippen molar-refractivity contribution in [3.63, 3.8) is 0 Å². The van der Waals surface area contributed by atoms with Crippen LogP contribution in [0.1, 0.15) is 12.5 Å². The molecule has 154 valence electrons. The van der Waals surface area contributed by atoms with Crippen molar-refractivity contribution in [2.24, 2.45) is 0 Å². The highest BCUT2D eigenvalue weighted by molar-refractivity contribution is 7.63. The van der Waals surface area contributed by atoms with Gasteiger partial charge in [0.1, 0.15) is 11.5 Å². The van der Waals surface area contributed by atoms with E-state index in [2.05, 4.69) is 0 Å². The van der Waals surface area contributed by atoms with Crippen molar-refractivity contribution in [2.45, 2.75) is 13.3 Å². The molecule has 0 aliphatic rings. The van der Waals surface area contributed by atoms with Gasteiger partial charge in [0.25, 0.3) is 0 Å². The van der Waals surface area contributed by atoms with Crippen LogP contribution in [0.2, 0.25) is 0 Å². The number of hydrogen-bond donors (Lipinski definition) is 3. The second kappa shape index (κ2) is 10.4. The van der Waals surface area contributed by atoms with Crippen molar-refractivity contribution in [3.8, 4) is 11.5 Å². The van der Waals surface area contributed by atoms with Gasteiger partial charge in [0.2, 0.25) is 0 Å². The standard InChI is InChI=1S/C20H19O3P.H3O4P/c1-2-17-11-9-10-16-20(17)24(21,22-18-12-5-3-6-13-18)23-19-14-7-4-8-15-19;1-5(2,3)4/h3-16H,2H2,1H3;(H3,1,2,3,4). The van der Waals surface area contributed by atoms with E-state index in [0.29, 0.717) is 16.8 Å². The first kappa shape index (κ1) is 22.9. The topological polar surface area (TPSA) is 113 Å². The van der Waals surface area contributed by atoms with Crippen molar-refractivity contribution in [1.82, 2.24) is 0 Å². The monoisotopic (exact) mass is 436 g/mol. The first-order valence-electron chi connectivity index (χ1n) is 8.67. The van der Waals surface area contributed by atoms with Crippen LogP contribution >= 0.6 is 15.4 Å². The highest BCUT2D eigenvalue weighted by Crippen LogP contribution is 2.48. The summed E-state index contributed by atoms with van der Waals surface area (Å²) >= 11 is 0. The summed E-state index contributed by atoms with van der Waals surface area (Å²) < 4.78 is 34.3. The van der Waals surface area contributed by atoms with E-state index >= 15 is 0 Å². The zero-order chi connectivity index (χ0) is 21.3.